The van der Waals surface area contributed by atoms with Crippen LogP contribution in [0, 0.1) is 0 Å². The van der Waals surface area contributed by atoms with Gasteiger partial charge in [-0.1, -0.05) is 6.92 Å². The van der Waals surface area contributed by atoms with E-state index >= 15 is 0 Å². The zero-order chi connectivity index (χ0) is 9.28. The summed E-state index contributed by atoms with van der Waals surface area (Å²) < 4.78 is 0. The smallest absolute Gasteiger partial charge is 0.103 e. The van der Waals surface area contributed by atoms with Crippen LogP contribution in [0.3, 0.4) is 0 Å². The molecular formula is C7H20N2O2. The fraction of sp³-hybridized carbons (Fsp3) is 1.00. The highest BCUT2D eigenvalue weighted by atomic mass is 16.3. The maximum Gasteiger partial charge on any atom is 0.103 e. The number of aliphatic hydroxyl groups is 2. The van der Waals surface area contributed by atoms with E-state index in [4.69, 9.17) is 15.9 Å². The van der Waals surface area contributed by atoms with Crippen molar-refractivity contribution >= 4 is 0 Å². The fourth-order valence-electron chi connectivity index (χ4n) is 0.349. The van der Waals surface area contributed by atoms with Crippen molar-refractivity contribution in [3.63, 3.8) is 0 Å². The topological polar surface area (TPSA) is 78.5 Å². The molecule has 0 heterocycles. The molecule has 11 heavy (non-hydrogen) atoms. The van der Waals surface area contributed by atoms with Crippen LogP contribution in [0.4, 0.5) is 0 Å². The summed E-state index contributed by atoms with van der Waals surface area (Å²) in [6.07, 6.45) is -0.153. The highest BCUT2D eigenvalue weighted by Crippen LogP contribution is 1.74. The lowest BCUT2D eigenvalue weighted by Crippen LogP contribution is -2.33. The molecule has 0 aromatic heterocycles. The van der Waals surface area contributed by atoms with Crippen molar-refractivity contribution < 1.29 is 10.2 Å². The Morgan fingerprint density at radius 3 is 1.55 bits per heavy atom. The second kappa shape index (κ2) is 9.84. The van der Waals surface area contributed by atoms with Gasteiger partial charge in [0.15, 0.2) is 0 Å². The van der Waals surface area contributed by atoms with Crippen molar-refractivity contribution in [2.75, 3.05) is 6.54 Å². The predicted octanol–water partition coefficient (Wildman–Crippen LogP) is -0.392. The SMILES string of the molecule is CC(O)NC(C)O.CCCN. The van der Waals surface area contributed by atoms with Crippen LogP contribution >= 0.6 is 0 Å². The molecule has 2 atom stereocenters. The van der Waals surface area contributed by atoms with Crippen LogP contribution in [-0.2, 0) is 0 Å². The van der Waals surface area contributed by atoms with Crippen molar-refractivity contribution in [3.8, 4) is 0 Å². The van der Waals surface area contributed by atoms with Gasteiger partial charge in [-0.15, -0.1) is 0 Å². The number of rotatable bonds is 3. The predicted molar refractivity (Wildman–Crippen MR) is 45.8 cm³/mol. The molecule has 4 heteroatoms. The lowest BCUT2D eigenvalue weighted by molar-refractivity contribution is 0.0632. The van der Waals surface area contributed by atoms with Gasteiger partial charge < -0.3 is 15.9 Å². The first-order valence-electron chi connectivity index (χ1n) is 3.86. The Hall–Kier alpha value is -0.160. The van der Waals surface area contributed by atoms with Crippen LogP contribution in [0.1, 0.15) is 27.2 Å². The minimum atomic E-state index is -0.625. The Morgan fingerprint density at radius 2 is 1.55 bits per heavy atom. The molecule has 0 amide bonds. The Morgan fingerprint density at radius 1 is 1.27 bits per heavy atom. The largest absolute Gasteiger partial charge is 0.379 e. The van der Waals surface area contributed by atoms with Gasteiger partial charge in [-0.3, -0.25) is 5.32 Å². The lowest BCUT2D eigenvalue weighted by Gasteiger charge is -2.08. The standard InChI is InChI=1S/C4H11NO2.C3H9N/c1-3(6)5-4(2)7;1-2-3-4/h3-7H,1-2H3;2-4H2,1H3. The lowest BCUT2D eigenvalue weighted by atomic mass is 10.5. The minimum absolute atomic E-state index is 0.625. The first-order valence-corrected chi connectivity index (χ1v) is 3.86. The quantitative estimate of drug-likeness (QED) is 0.428. The maximum absolute atomic E-state index is 8.45. The molecule has 0 rings (SSSR count). The van der Waals surface area contributed by atoms with E-state index in [-0.39, 0.29) is 0 Å². The van der Waals surface area contributed by atoms with Crippen LogP contribution in [0.15, 0.2) is 0 Å². The number of hydrogen-bond acceptors (Lipinski definition) is 4. The molecule has 0 aromatic carbocycles. The molecule has 2 unspecified atom stereocenters. The maximum atomic E-state index is 8.45. The molecule has 70 valence electrons. The number of nitrogens with two attached hydrogens (primary N) is 1. The normalized spacial score (nSPS) is 14.7. The van der Waals surface area contributed by atoms with Crippen molar-refractivity contribution in [1.82, 2.24) is 5.32 Å². The molecule has 0 saturated heterocycles. The average Bonchev–Trinajstić information content (AvgIpc) is 1.85. The van der Waals surface area contributed by atoms with Crippen LogP contribution in [0.2, 0.25) is 0 Å². The van der Waals surface area contributed by atoms with Crippen LogP contribution in [0.25, 0.3) is 0 Å². The molecule has 0 fully saturated rings. The van der Waals surface area contributed by atoms with E-state index in [1.807, 2.05) is 0 Å². The van der Waals surface area contributed by atoms with E-state index in [2.05, 4.69) is 12.2 Å². The molecule has 0 aliphatic carbocycles. The molecule has 0 spiro atoms. The molecule has 0 aliphatic heterocycles. The van der Waals surface area contributed by atoms with E-state index in [9.17, 15) is 0 Å². The molecule has 0 aliphatic rings. The van der Waals surface area contributed by atoms with Crippen molar-refractivity contribution in [3.05, 3.63) is 0 Å². The zero-order valence-electron chi connectivity index (χ0n) is 7.54. The van der Waals surface area contributed by atoms with E-state index in [0.29, 0.717) is 0 Å². The fourth-order valence-corrected chi connectivity index (χ4v) is 0.349. The summed E-state index contributed by atoms with van der Waals surface area (Å²) in [7, 11) is 0. The first kappa shape index (κ1) is 13.4. The highest BCUT2D eigenvalue weighted by Gasteiger charge is 1.95. The highest BCUT2D eigenvalue weighted by molar-refractivity contribution is 4.42. The zero-order valence-corrected chi connectivity index (χ0v) is 7.54. The third-order valence-corrected chi connectivity index (χ3v) is 0.771. The van der Waals surface area contributed by atoms with Gasteiger partial charge in [0, 0.05) is 0 Å². The van der Waals surface area contributed by atoms with Gasteiger partial charge in [-0.05, 0) is 26.8 Å². The molecule has 0 bridgehead atoms. The third kappa shape index (κ3) is 25.8. The van der Waals surface area contributed by atoms with Gasteiger partial charge in [-0.25, -0.2) is 0 Å². The molecule has 0 saturated carbocycles. The third-order valence-electron chi connectivity index (χ3n) is 0.771. The summed E-state index contributed by atoms with van der Waals surface area (Å²) in [4.78, 5) is 0. The Labute approximate surface area is 68.4 Å². The van der Waals surface area contributed by atoms with Crippen molar-refractivity contribution in [2.45, 2.75) is 39.6 Å². The molecular weight excluding hydrogens is 144 g/mol. The summed E-state index contributed by atoms with van der Waals surface area (Å²) in [5, 5.41) is 19.3. The molecule has 0 aromatic rings. The average molecular weight is 164 g/mol. The first-order chi connectivity index (χ1) is 5.04. The van der Waals surface area contributed by atoms with E-state index < -0.39 is 12.5 Å². The Balaban J connectivity index is 0. The van der Waals surface area contributed by atoms with E-state index in [1.165, 1.54) is 0 Å². The van der Waals surface area contributed by atoms with Gasteiger partial charge in [0.05, 0.1) is 0 Å². The molecule has 0 radical (unpaired) electrons. The summed E-state index contributed by atoms with van der Waals surface area (Å²) in [5.74, 6) is 0. The molecule has 5 N–H and O–H groups in total. The summed E-state index contributed by atoms with van der Waals surface area (Å²) >= 11 is 0. The van der Waals surface area contributed by atoms with E-state index in [1.54, 1.807) is 13.8 Å². The van der Waals surface area contributed by atoms with Crippen molar-refractivity contribution in [1.29, 1.82) is 0 Å². The van der Waals surface area contributed by atoms with Crippen molar-refractivity contribution in [2.24, 2.45) is 5.73 Å². The number of hydrogen-bond donors (Lipinski definition) is 4. The van der Waals surface area contributed by atoms with Gasteiger partial charge in [0.25, 0.3) is 0 Å². The van der Waals surface area contributed by atoms with Crippen LogP contribution in [0.5, 0.6) is 0 Å². The van der Waals surface area contributed by atoms with Gasteiger partial charge in [-0.2, -0.15) is 0 Å². The molecule has 4 nitrogen and oxygen atoms in total. The summed E-state index contributed by atoms with van der Waals surface area (Å²) in [6, 6.07) is 0. The summed E-state index contributed by atoms with van der Waals surface area (Å²) in [6.45, 7) is 5.97. The van der Waals surface area contributed by atoms with E-state index in [0.717, 1.165) is 13.0 Å². The van der Waals surface area contributed by atoms with Gasteiger partial charge >= 0.3 is 0 Å². The summed E-state index contributed by atoms with van der Waals surface area (Å²) in [5.41, 5.74) is 5.03. The number of aliphatic hydroxyl groups excluding tert-OH is 2. The monoisotopic (exact) mass is 164 g/mol. The number of nitrogens with one attached hydrogen (secondary N) is 1. The van der Waals surface area contributed by atoms with Gasteiger partial charge in [0.1, 0.15) is 12.5 Å². The van der Waals surface area contributed by atoms with Crippen LogP contribution < -0.4 is 11.1 Å². The minimum Gasteiger partial charge on any atom is -0.379 e. The van der Waals surface area contributed by atoms with Gasteiger partial charge in [0.2, 0.25) is 0 Å². The van der Waals surface area contributed by atoms with Crippen LogP contribution in [-0.4, -0.2) is 29.2 Å². The Bertz CT molecular complexity index is 59.5. The second-order valence-electron chi connectivity index (χ2n) is 2.31. The Kier molecular flexibility index (Phi) is 12.0. The second-order valence-corrected chi connectivity index (χ2v) is 2.31.